The van der Waals surface area contributed by atoms with Gasteiger partial charge in [0.25, 0.3) is 7.37 Å². The first kappa shape index (κ1) is 16.9. The molecule has 0 spiro atoms. The van der Waals surface area contributed by atoms with Crippen molar-refractivity contribution < 1.29 is 13.9 Å². The van der Waals surface area contributed by atoms with Crippen LogP contribution in [0.3, 0.4) is 0 Å². The second-order valence-electron chi connectivity index (χ2n) is 6.66. The number of aromatic nitrogens is 1. The lowest BCUT2D eigenvalue weighted by Gasteiger charge is -2.17. The van der Waals surface area contributed by atoms with Crippen molar-refractivity contribution in [2.45, 2.75) is 0 Å². The van der Waals surface area contributed by atoms with Crippen LogP contribution in [0.15, 0.2) is 95.7 Å². The maximum Gasteiger partial charge on any atom is 0.259 e. The molecular formula is C23H16NO3P. The Bertz CT molecular complexity index is 1370. The Balaban J connectivity index is 1.68. The van der Waals surface area contributed by atoms with Crippen molar-refractivity contribution in [3.8, 4) is 11.1 Å². The number of hydrogen-bond acceptors (Lipinski definition) is 3. The molecule has 0 aliphatic rings. The van der Waals surface area contributed by atoms with Crippen molar-refractivity contribution in [2.24, 2.45) is 0 Å². The van der Waals surface area contributed by atoms with Gasteiger partial charge in [0.2, 0.25) is 0 Å². The molecule has 1 aromatic heterocycles. The average Bonchev–Trinajstić information content (AvgIpc) is 3.21. The molecule has 5 heteroatoms. The molecule has 5 aromatic rings. The van der Waals surface area contributed by atoms with Gasteiger partial charge >= 0.3 is 0 Å². The van der Waals surface area contributed by atoms with Crippen LogP contribution < -0.4 is 10.6 Å². The fourth-order valence-electron chi connectivity index (χ4n) is 3.51. The molecule has 0 saturated heterocycles. The lowest BCUT2D eigenvalue weighted by atomic mass is 10.0. The van der Waals surface area contributed by atoms with Crippen LogP contribution in [0.25, 0.3) is 33.0 Å². The van der Waals surface area contributed by atoms with E-state index in [2.05, 4.69) is 17.1 Å². The minimum Gasteiger partial charge on any atom is -0.443 e. The predicted octanol–water partition coefficient (Wildman–Crippen LogP) is 4.87. The Morgan fingerprint density at radius 3 is 2.50 bits per heavy atom. The van der Waals surface area contributed by atoms with Gasteiger partial charge in [-0.3, -0.25) is 4.57 Å². The van der Waals surface area contributed by atoms with Crippen LogP contribution in [0.2, 0.25) is 0 Å². The molecule has 1 heterocycles. The highest BCUT2D eigenvalue weighted by Crippen LogP contribution is 2.42. The summed E-state index contributed by atoms with van der Waals surface area (Å²) in [6, 6.07) is 26.4. The van der Waals surface area contributed by atoms with Crippen molar-refractivity contribution in [3.05, 3.63) is 91.3 Å². The lowest BCUT2D eigenvalue weighted by molar-refractivity contribution is 0.501. The molecule has 4 aromatic carbocycles. The SMILES string of the molecule is O=P(O)(c1ccc2ocnc2c1)c1ccccc1-c1ccc2ccccc2c1. The predicted molar refractivity (Wildman–Crippen MR) is 112 cm³/mol. The van der Waals surface area contributed by atoms with E-state index in [4.69, 9.17) is 4.42 Å². The van der Waals surface area contributed by atoms with Crippen LogP contribution in [0.4, 0.5) is 0 Å². The van der Waals surface area contributed by atoms with E-state index in [1.165, 1.54) is 6.39 Å². The van der Waals surface area contributed by atoms with Gasteiger partial charge in [0, 0.05) is 10.6 Å². The highest BCUT2D eigenvalue weighted by atomic mass is 31.2. The zero-order valence-electron chi connectivity index (χ0n) is 14.8. The largest absolute Gasteiger partial charge is 0.443 e. The molecule has 1 N–H and O–H groups in total. The summed E-state index contributed by atoms with van der Waals surface area (Å²) >= 11 is 0. The second-order valence-corrected chi connectivity index (χ2v) is 8.81. The van der Waals surface area contributed by atoms with Gasteiger partial charge in [0.1, 0.15) is 5.52 Å². The van der Waals surface area contributed by atoms with Crippen LogP contribution in [0, 0.1) is 0 Å². The monoisotopic (exact) mass is 385 g/mol. The number of fused-ring (bicyclic) bond motifs is 2. The van der Waals surface area contributed by atoms with E-state index in [9.17, 15) is 9.46 Å². The lowest BCUT2D eigenvalue weighted by Crippen LogP contribution is -2.17. The maximum atomic E-state index is 13.5. The third-order valence-electron chi connectivity index (χ3n) is 4.96. The van der Waals surface area contributed by atoms with E-state index in [0.717, 1.165) is 21.9 Å². The number of rotatable bonds is 3. The first-order valence-electron chi connectivity index (χ1n) is 8.88. The summed E-state index contributed by atoms with van der Waals surface area (Å²) in [4.78, 5) is 15.2. The molecule has 1 atom stereocenters. The van der Waals surface area contributed by atoms with Crippen LogP contribution >= 0.6 is 7.37 Å². The molecular weight excluding hydrogens is 369 g/mol. The Morgan fingerprint density at radius 2 is 1.61 bits per heavy atom. The first-order chi connectivity index (χ1) is 13.6. The maximum absolute atomic E-state index is 13.5. The van der Waals surface area contributed by atoms with Crippen molar-refractivity contribution >= 4 is 39.9 Å². The minimum absolute atomic E-state index is 0.335. The highest BCUT2D eigenvalue weighted by Gasteiger charge is 2.28. The summed E-state index contributed by atoms with van der Waals surface area (Å²) in [6.07, 6.45) is 1.33. The fraction of sp³-hybridized carbons (Fsp3) is 0. The van der Waals surface area contributed by atoms with Crippen LogP contribution in [-0.2, 0) is 4.57 Å². The number of nitrogens with zero attached hydrogens (tertiary/aromatic N) is 1. The van der Waals surface area contributed by atoms with Crippen LogP contribution in [0.5, 0.6) is 0 Å². The normalized spacial score (nSPS) is 13.6. The summed E-state index contributed by atoms with van der Waals surface area (Å²) in [6.45, 7) is 0. The third-order valence-corrected chi connectivity index (χ3v) is 6.98. The van der Waals surface area contributed by atoms with E-state index in [1.807, 2.05) is 42.5 Å². The van der Waals surface area contributed by atoms with Gasteiger partial charge in [-0.25, -0.2) is 4.98 Å². The number of hydrogen-bond donors (Lipinski definition) is 1. The molecule has 28 heavy (non-hydrogen) atoms. The van der Waals surface area contributed by atoms with E-state index in [0.29, 0.717) is 21.7 Å². The molecule has 0 aliphatic heterocycles. The summed E-state index contributed by atoms with van der Waals surface area (Å²) in [5.74, 6) is 0. The summed E-state index contributed by atoms with van der Waals surface area (Å²) in [7, 11) is -3.82. The van der Waals surface area contributed by atoms with Crippen LogP contribution in [0.1, 0.15) is 0 Å². The smallest absolute Gasteiger partial charge is 0.259 e. The van der Waals surface area contributed by atoms with Gasteiger partial charge < -0.3 is 9.31 Å². The van der Waals surface area contributed by atoms with Crippen molar-refractivity contribution in [1.29, 1.82) is 0 Å². The summed E-state index contributed by atoms with van der Waals surface area (Å²) < 4.78 is 18.8. The topological polar surface area (TPSA) is 63.3 Å². The van der Waals surface area contributed by atoms with E-state index >= 15 is 0 Å². The molecule has 1 unspecified atom stereocenters. The van der Waals surface area contributed by atoms with Gasteiger partial charge in [0.15, 0.2) is 12.0 Å². The zero-order valence-corrected chi connectivity index (χ0v) is 15.7. The van der Waals surface area contributed by atoms with Crippen LogP contribution in [-0.4, -0.2) is 9.88 Å². The van der Waals surface area contributed by atoms with Gasteiger partial charge in [-0.2, -0.15) is 0 Å². The average molecular weight is 385 g/mol. The minimum atomic E-state index is -3.82. The van der Waals surface area contributed by atoms with Crippen molar-refractivity contribution in [2.75, 3.05) is 0 Å². The van der Waals surface area contributed by atoms with Gasteiger partial charge in [-0.15, -0.1) is 0 Å². The molecule has 5 rings (SSSR count). The number of oxazole rings is 1. The Hall–Kier alpha value is -3.20. The second kappa shape index (κ2) is 6.45. The molecule has 0 amide bonds. The molecule has 0 fully saturated rings. The molecule has 0 radical (unpaired) electrons. The standard InChI is InChI=1S/C23H16NO3P/c25-28(26,19-11-12-22-21(14-19)24-15-27-22)23-8-4-3-7-20(23)18-10-9-16-5-1-2-6-17(16)13-18/h1-15H,(H,25,26). The molecule has 4 nitrogen and oxygen atoms in total. The zero-order chi connectivity index (χ0) is 19.1. The summed E-state index contributed by atoms with van der Waals surface area (Å²) in [5.41, 5.74) is 2.81. The molecule has 0 aliphatic carbocycles. The Labute approximate surface area is 161 Å². The molecule has 136 valence electrons. The molecule has 0 bridgehead atoms. The number of benzene rings is 4. The van der Waals surface area contributed by atoms with Gasteiger partial charge in [-0.05, 0) is 52.2 Å². The highest BCUT2D eigenvalue weighted by molar-refractivity contribution is 7.73. The van der Waals surface area contributed by atoms with E-state index in [1.54, 1.807) is 30.3 Å². The van der Waals surface area contributed by atoms with E-state index in [-0.39, 0.29) is 0 Å². The first-order valence-corrected chi connectivity index (χ1v) is 10.5. The van der Waals surface area contributed by atoms with E-state index < -0.39 is 7.37 Å². The van der Waals surface area contributed by atoms with Gasteiger partial charge in [0.05, 0.1) is 0 Å². The van der Waals surface area contributed by atoms with Crippen molar-refractivity contribution in [1.82, 2.24) is 4.98 Å². The van der Waals surface area contributed by atoms with Crippen molar-refractivity contribution in [3.63, 3.8) is 0 Å². The Kier molecular flexibility index (Phi) is 3.90. The third kappa shape index (κ3) is 2.75. The molecule has 0 saturated carbocycles. The van der Waals surface area contributed by atoms with Gasteiger partial charge in [-0.1, -0.05) is 54.6 Å². The fourth-order valence-corrected chi connectivity index (χ4v) is 5.18. The quantitative estimate of drug-likeness (QED) is 0.450. The summed E-state index contributed by atoms with van der Waals surface area (Å²) in [5, 5.41) is 2.97. The Morgan fingerprint density at radius 1 is 0.821 bits per heavy atom.